The Morgan fingerprint density at radius 1 is 1.23 bits per heavy atom. The van der Waals surface area contributed by atoms with E-state index in [1.165, 1.54) is 0 Å². The number of carbonyl (C=O) groups is 1. The summed E-state index contributed by atoms with van der Waals surface area (Å²) in [4.78, 5) is 14.9. The normalized spacial score (nSPS) is 12.8. The Kier molecular flexibility index (Phi) is 6.48. The summed E-state index contributed by atoms with van der Waals surface area (Å²) in [5.74, 6) is -1.33. The molecule has 138 valence electrons. The molecule has 7 nitrogen and oxygen atoms in total. The Morgan fingerprint density at radius 3 is 2.62 bits per heavy atom. The summed E-state index contributed by atoms with van der Waals surface area (Å²) in [7, 11) is -1.85. The van der Waals surface area contributed by atoms with Gasteiger partial charge in [0.25, 0.3) is 0 Å². The molecule has 2 aromatic rings. The van der Waals surface area contributed by atoms with E-state index in [-0.39, 0.29) is 12.2 Å². The molecule has 1 atom stereocenters. The molecule has 0 heterocycles. The van der Waals surface area contributed by atoms with E-state index in [2.05, 4.69) is 10.3 Å². The lowest BCUT2D eigenvalue weighted by atomic mass is 10.0. The number of benzene rings is 2. The van der Waals surface area contributed by atoms with Crippen LogP contribution in [0.4, 0.5) is 11.4 Å². The fourth-order valence-electron chi connectivity index (χ4n) is 2.39. The third kappa shape index (κ3) is 5.68. The van der Waals surface area contributed by atoms with Crippen molar-refractivity contribution in [2.45, 2.75) is 18.2 Å². The van der Waals surface area contributed by atoms with Crippen LogP contribution in [0.3, 0.4) is 0 Å². The zero-order valence-corrected chi connectivity index (χ0v) is 15.1. The predicted octanol–water partition coefficient (Wildman–Crippen LogP) is 1.96. The number of nitrogens with two attached hydrogens (primary N) is 1. The van der Waals surface area contributed by atoms with Crippen LogP contribution in [0.15, 0.2) is 53.5 Å². The van der Waals surface area contributed by atoms with Crippen molar-refractivity contribution in [2.75, 3.05) is 12.4 Å². The zero-order valence-electron chi connectivity index (χ0n) is 14.3. The third-order valence-corrected chi connectivity index (χ3v) is 4.82. The van der Waals surface area contributed by atoms with Crippen molar-refractivity contribution in [3.8, 4) is 0 Å². The minimum atomic E-state index is -3.59. The third-order valence-electron chi connectivity index (χ3n) is 3.66. The second-order valence-electron chi connectivity index (χ2n) is 5.78. The van der Waals surface area contributed by atoms with Gasteiger partial charge in [0.2, 0.25) is 0 Å². The quantitative estimate of drug-likeness (QED) is 0.479. The maximum absolute atomic E-state index is 12.3. The van der Waals surface area contributed by atoms with E-state index >= 15 is 0 Å². The monoisotopic (exact) mass is 375 g/mol. The number of aliphatic imine (C=N–C) groups is 1. The van der Waals surface area contributed by atoms with Crippen molar-refractivity contribution in [1.29, 1.82) is 0 Å². The van der Waals surface area contributed by atoms with Gasteiger partial charge in [-0.1, -0.05) is 36.4 Å². The molecule has 0 spiro atoms. The van der Waals surface area contributed by atoms with E-state index in [4.69, 9.17) is 10.8 Å². The van der Waals surface area contributed by atoms with Gasteiger partial charge in [0, 0.05) is 7.05 Å². The van der Waals surface area contributed by atoms with E-state index in [1.807, 2.05) is 6.07 Å². The summed E-state index contributed by atoms with van der Waals surface area (Å²) in [6, 6.07) is 12.8. The highest BCUT2D eigenvalue weighted by atomic mass is 32.2. The number of rotatable bonds is 8. The maximum Gasteiger partial charge on any atom is 0.320 e. The van der Waals surface area contributed by atoms with Crippen molar-refractivity contribution >= 4 is 32.7 Å². The van der Waals surface area contributed by atoms with E-state index in [0.29, 0.717) is 16.8 Å². The van der Waals surface area contributed by atoms with Crippen molar-refractivity contribution < 1.29 is 18.3 Å². The molecule has 0 aliphatic heterocycles. The van der Waals surface area contributed by atoms with Gasteiger partial charge in [-0.3, -0.25) is 4.79 Å². The summed E-state index contributed by atoms with van der Waals surface area (Å²) < 4.78 is 24.7. The topological polar surface area (TPSA) is 122 Å². The van der Waals surface area contributed by atoms with Crippen LogP contribution in [0.25, 0.3) is 0 Å². The summed E-state index contributed by atoms with van der Waals surface area (Å²) >= 11 is 0. The number of nitrogens with one attached hydrogen (secondary N) is 1. The van der Waals surface area contributed by atoms with Crippen LogP contribution >= 0.6 is 0 Å². The van der Waals surface area contributed by atoms with Crippen molar-refractivity contribution in [2.24, 2.45) is 10.7 Å². The van der Waals surface area contributed by atoms with Gasteiger partial charge in [-0.2, -0.15) is 0 Å². The number of carboxylic acid groups (broad SMARTS) is 1. The van der Waals surface area contributed by atoms with E-state index in [9.17, 15) is 13.2 Å². The molecule has 0 aliphatic rings. The van der Waals surface area contributed by atoms with Gasteiger partial charge < -0.3 is 16.2 Å². The Balaban J connectivity index is 2.14. The lowest BCUT2D eigenvalue weighted by Gasteiger charge is -2.08. The second-order valence-corrected chi connectivity index (χ2v) is 7.60. The first-order chi connectivity index (χ1) is 12.3. The van der Waals surface area contributed by atoms with E-state index in [0.717, 1.165) is 11.2 Å². The highest BCUT2D eigenvalue weighted by molar-refractivity contribution is 8.03. The molecule has 0 aromatic heterocycles. The Bertz CT molecular complexity index is 910. The molecule has 0 saturated heterocycles. The van der Waals surface area contributed by atoms with Gasteiger partial charge >= 0.3 is 5.97 Å². The molecule has 8 heteroatoms. The average molecular weight is 375 g/mol. The molecular weight excluding hydrogens is 354 g/mol. The Morgan fingerprint density at radius 2 is 1.92 bits per heavy atom. The predicted molar refractivity (Wildman–Crippen MR) is 103 cm³/mol. The number of para-hydroxylation sites is 2. The Labute approximate surface area is 152 Å². The molecular formula is C18H21N3O4S. The molecule has 4 N–H and O–H groups in total. The minimum absolute atomic E-state index is 0.132. The first-order valence-electron chi connectivity index (χ1n) is 7.90. The number of hydrogen-bond donors (Lipinski definition) is 3. The van der Waals surface area contributed by atoms with Crippen LogP contribution in [-0.4, -0.2) is 38.1 Å². The SMILES string of the molecule is CNc1ccccc1N=CS(=O)(=O)Cc1cccc(CC(N)C(=O)O)c1. The van der Waals surface area contributed by atoms with Crippen LogP contribution in [0.1, 0.15) is 11.1 Å². The summed E-state index contributed by atoms with van der Waals surface area (Å²) in [5.41, 5.74) is 8.94. The van der Waals surface area contributed by atoms with Gasteiger partial charge in [-0.05, 0) is 29.7 Å². The van der Waals surface area contributed by atoms with Crippen LogP contribution in [-0.2, 0) is 26.8 Å². The molecule has 2 aromatic carbocycles. The first-order valence-corrected chi connectivity index (χ1v) is 9.62. The van der Waals surface area contributed by atoms with Gasteiger partial charge in [-0.15, -0.1) is 0 Å². The number of hydrogen-bond acceptors (Lipinski definition) is 6. The van der Waals surface area contributed by atoms with Crippen molar-refractivity contribution in [1.82, 2.24) is 0 Å². The maximum atomic E-state index is 12.3. The summed E-state index contributed by atoms with van der Waals surface area (Å²) in [6.45, 7) is 0. The van der Waals surface area contributed by atoms with E-state index < -0.39 is 21.8 Å². The summed E-state index contributed by atoms with van der Waals surface area (Å²) in [5, 5.41) is 11.8. The fourth-order valence-corrected chi connectivity index (χ4v) is 3.38. The standard InChI is InChI=1S/C18H21N3O4S/c1-20-16-7-2-3-8-17(16)21-12-26(24,25)11-14-6-4-5-13(9-14)10-15(19)18(22)23/h2-9,12,15,20H,10-11,19H2,1H3,(H,22,23). The van der Waals surface area contributed by atoms with Crippen LogP contribution in [0, 0.1) is 0 Å². The molecule has 1 unspecified atom stereocenters. The molecule has 0 radical (unpaired) electrons. The molecule has 2 rings (SSSR count). The zero-order chi connectivity index (χ0) is 19.2. The van der Waals surface area contributed by atoms with Gasteiger partial charge in [0.1, 0.15) is 11.6 Å². The highest BCUT2D eigenvalue weighted by Crippen LogP contribution is 2.23. The summed E-state index contributed by atoms with van der Waals surface area (Å²) in [6.07, 6.45) is 0.132. The molecule has 0 aliphatic carbocycles. The molecule has 0 amide bonds. The van der Waals surface area contributed by atoms with E-state index in [1.54, 1.807) is 49.5 Å². The first kappa shape index (κ1) is 19.6. The van der Waals surface area contributed by atoms with Gasteiger partial charge in [0.15, 0.2) is 9.84 Å². The largest absolute Gasteiger partial charge is 0.480 e. The lowest BCUT2D eigenvalue weighted by molar-refractivity contribution is -0.138. The number of anilines is 1. The van der Waals surface area contributed by atoms with Crippen molar-refractivity contribution in [3.63, 3.8) is 0 Å². The average Bonchev–Trinajstić information content (AvgIpc) is 2.60. The molecule has 0 bridgehead atoms. The van der Waals surface area contributed by atoms with Crippen LogP contribution in [0.2, 0.25) is 0 Å². The van der Waals surface area contributed by atoms with Crippen LogP contribution < -0.4 is 11.1 Å². The Hall–Kier alpha value is -2.71. The number of aliphatic carboxylic acids is 1. The molecule has 26 heavy (non-hydrogen) atoms. The van der Waals surface area contributed by atoms with Gasteiger partial charge in [0.05, 0.1) is 17.1 Å². The number of carboxylic acids is 1. The molecule has 0 saturated carbocycles. The van der Waals surface area contributed by atoms with Gasteiger partial charge in [-0.25, -0.2) is 13.4 Å². The highest BCUT2D eigenvalue weighted by Gasteiger charge is 2.14. The number of nitrogens with zero attached hydrogens (tertiary/aromatic N) is 1. The fraction of sp³-hybridized carbons (Fsp3) is 0.222. The van der Waals surface area contributed by atoms with Crippen LogP contribution in [0.5, 0.6) is 0 Å². The smallest absolute Gasteiger partial charge is 0.320 e. The molecule has 0 fully saturated rings. The number of sulfone groups is 1. The van der Waals surface area contributed by atoms with Crippen molar-refractivity contribution in [3.05, 3.63) is 59.7 Å². The lowest BCUT2D eigenvalue weighted by Crippen LogP contribution is -2.32. The minimum Gasteiger partial charge on any atom is -0.480 e. The second kappa shape index (κ2) is 8.59.